The van der Waals surface area contributed by atoms with Crippen molar-refractivity contribution < 1.29 is 19.7 Å². The van der Waals surface area contributed by atoms with Gasteiger partial charge in [0.15, 0.2) is 0 Å². The van der Waals surface area contributed by atoms with Gasteiger partial charge in [0.2, 0.25) is 0 Å². The van der Waals surface area contributed by atoms with E-state index in [4.69, 9.17) is 4.74 Å². The molecule has 2 N–H and O–H groups in total. The van der Waals surface area contributed by atoms with Crippen LogP contribution in [0, 0.1) is 46.3 Å². The molecule has 4 saturated carbocycles. The molecular weight excluding hydrogens is 364 g/mol. The van der Waals surface area contributed by atoms with E-state index in [0.717, 1.165) is 32.1 Å². The van der Waals surface area contributed by atoms with Gasteiger partial charge in [0.05, 0.1) is 19.3 Å². The van der Waals surface area contributed by atoms with Crippen LogP contribution < -0.4 is 0 Å². The Morgan fingerprint density at radius 1 is 1.00 bits per heavy atom. The molecule has 4 aliphatic rings. The number of carbonyl (C=O) groups excluding carboxylic acids is 1. The van der Waals surface area contributed by atoms with Crippen molar-refractivity contribution >= 4 is 5.97 Å². The Balaban J connectivity index is 1.52. The fourth-order valence-corrected chi connectivity index (χ4v) is 8.90. The quantitative estimate of drug-likeness (QED) is 0.671. The molecule has 29 heavy (non-hydrogen) atoms. The summed E-state index contributed by atoms with van der Waals surface area (Å²) in [6, 6.07) is 0. The van der Waals surface area contributed by atoms with E-state index in [2.05, 4.69) is 20.8 Å². The van der Waals surface area contributed by atoms with Gasteiger partial charge < -0.3 is 14.9 Å². The summed E-state index contributed by atoms with van der Waals surface area (Å²) in [5.41, 5.74) is 0.533. The average Bonchev–Trinajstić information content (AvgIpc) is 3.05. The minimum atomic E-state index is -0.255. The van der Waals surface area contributed by atoms with Crippen molar-refractivity contribution in [2.45, 2.75) is 97.2 Å². The second-order valence-corrected chi connectivity index (χ2v) is 11.5. The molecule has 4 nitrogen and oxygen atoms in total. The van der Waals surface area contributed by atoms with Crippen molar-refractivity contribution in [2.75, 3.05) is 7.11 Å². The van der Waals surface area contributed by atoms with E-state index in [-0.39, 0.29) is 29.5 Å². The van der Waals surface area contributed by atoms with Crippen molar-refractivity contribution in [3.05, 3.63) is 0 Å². The van der Waals surface area contributed by atoms with Gasteiger partial charge >= 0.3 is 5.97 Å². The maximum Gasteiger partial charge on any atom is 0.305 e. The third-order valence-corrected chi connectivity index (χ3v) is 10.4. The smallest absolute Gasteiger partial charge is 0.305 e. The van der Waals surface area contributed by atoms with Crippen LogP contribution in [-0.2, 0) is 9.53 Å². The van der Waals surface area contributed by atoms with Gasteiger partial charge in [-0.05, 0) is 104 Å². The number of aliphatic hydroxyl groups is 2. The summed E-state index contributed by atoms with van der Waals surface area (Å²) in [5, 5.41) is 21.3. The number of aliphatic hydroxyl groups excluding tert-OH is 2. The van der Waals surface area contributed by atoms with Gasteiger partial charge in [-0.1, -0.05) is 20.8 Å². The molecule has 0 aromatic carbocycles. The Morgan fingerprint density at radius 2 is 1.69 bits per heavy atom. The summed E-state index contributed by atoms with van der Waals surface area (Å²) in [6.45, 7) is 7.28. The predicted molar refractivity (Wildman–Crippen MR) is 113 cm³/mol. The normalized spacial score (nSPS) is 50.2. The van der Waals surface area contributed by atoms with Crippen molar-refractivity contribution in [1.29, 1.82) is 0 Å². The second-order valence-electron chi connectivity index (χ2n) is 11.5. The fraction of sp³-hybridized carbons (Fsp3) is 0.960. The lowest BCUT2D eigenvalue weighted by Gasteiger charge is -2.62. The molecule has 0 aliphatic heterocycles. The molecule has 4 fully saturated rings. The Kier molecular flexibility index (Phi) is 5.83. The van der Waals surface area contributed by atoms with E-state index in [1.165, 1.54) is 32.8 Å². The van der Waals surface area contributed by atoms with Crippen LogP contribution in [0.15, 0.2) is 0 Å². The van der Waals surface area contributed by atoms with E-state index in [0.29, 0.717) is 41.4 Å². The highest BCUT2D eigenvalue weighted by Crippen LogP contribution is 2.68. The molecule has 166 valence electrons. The lowest BCUT2D eigenvalue weighted by molar-refractivity contribution is -0.172. The Hall–Kier alpha value is -0.610. The molecule has 4 aliphatic carbocycles. The van der Waals surface area contributed by atoms with Crippen LogP contribution in [0.25, 0.3) is 0 Å². The molecule has 0 aromatic heterocycles. The highest BCUT2D eigenvalue weighted by molar-refractivity contribution is 5.69. The number of hydrogen-bond donors (Lipinski definition) is 2. The van der Waals surface area contributed by atoms with Gasteiger partial charge in [-0.25, -0.2) is 0 Å². The van der Waals surface area contributed by atoms with Crippen LogP contribution in [0.2, 0.25) is 0 Å². The molecule has 0 heterocycles. The lowest BCUT2D eigenvalue weighted by atomic mass is 9.44. The first-order valence-corrected chi connectivity index (χ1v) is 12.1. The van der Waals surface area contributed by atoms with E-state index in [1.807, 2.05) is 0 Å². The summed E-state index contributed by atoms with van der Waals surface area (Å²) in [4.78, 5) is 11.6. The standard InChI is InChI=1S/C25H42O4/c1-15(5-8-23(28)29-4)18-6-7-19-17-14-22(27)21-13-16(26)9-11-25(21,3)20(17)10-12-24(18,19)2/h15-22,26-27H,5-14H2,1-4H3/t15?,16?,17?,18?,19?,20?,21?,22?,24-,25-/m1/s1. The summed E-state index contributed by atoms with van der Waals surface area (Å²) in [6.07, 6.45) is 9.77. The van der Waals surface area contributed by atoms with Gasteiger partial charge in [0.25, 0.3) is 0 Å². The summed E-state index contributed by atoms with van der Waals surface area (Å²) < 4.78 is 4.86. The largest absolute Gasteiger partial charge is 0.469 e. The third kappa shape index (κ3) is 3.46. The first-order valence-electron chi connectivity index (χ1n) is 12.1. The zero-order valence-electron chi connectivity index (χ0n) is 18.9. The van der Waals surface area contributed by atoms with Gasteiger partial charge in [0.1, 0.15) is 0 Å². The molecule has 0 aromatic rings. The molecule has 4 heteroatoms. The number of hydrogen-bond acceptors (Lipinski definition) is 4. The zero-order chi connectivity index (χ0) is 21.0. The molecule has 10 atom stereocenters. The molecule has 0 radical (unpaired) electrons. The fourth-order valence-electron chi connectivity index (χ4n) is 8.90. The maximum atomic E-state index is 11.6. The molecule has 0 amide bonds. The molecular formula is C25H42O4. The number of fused-ring (bicyclic) bond motifs is 5. The lowest BCUT2D eigenvalue weighted by Crippen LogP contribution is -2.58. The number of methoxy groups -OCH3 is 1. The van der Waals surface area contributed by atoms with Gasteiger partial charge in [-0.15, -0.1) is 0 Å². The molecule has 0 bridgehead atoms. The monoisotopic (exact) mass is 406 g/mol. The highest BCUT2D eigenvalue weighted by Gasteiger charge is 2.62. The van der Waals surface area contributed by atoms with Crippen LogP contribution in [0.5, 0.6) is 0 Å². The van der Waals surface area contributed by atoms with E-state index in [9.17, 15) is 15.0 Å². The number of esters is 1. The van der Waals surface area contributed by atoms with Crippen molar-refractivity contribution in [3.63, 3.8) is 0 Å². The minimum Gasteiger partial charge on any atom is -0.469 e. The molecule has 4 rings (SSSR count). The zero-order valence-corrected chi connectivity index (χ0v) is 18.9. The van der Waals surface area contributed by atoms with Gasteiger partial charge in [-0.3, -0.25) is 4.79 Å². The van der Waals surface area contributed by atoms with Gasteiger partial charge in [-0.2, -0.15) is 0 Å². The number of carbonyl (C=O) groups is 1. The SMILES string of the molecule is COC(=O)CCC(C)C1CCC2C3CC(O)C4CC(O)CC[C@]4(C)C3CC[C@]12C. The summed E-state index contributed by atoms with van der Waals surface area (Å²) in [7, 11) is 1.48. The van der Waals surface area contributed by atoms with E-state index < -0.39 is 0 Å². The van der Waals surface area contributed by atoms with E-state index in [1.54, 1.807) is 0 Å². The molecule has 0 saturated heterocycles. The topological polar surface area (TPSA) is 66.8 Å². The highest BCUT2D eigenvalue weighted by atomic mass is 16.5. The Labute approximate surface area is 176 Å². The Morgan fingerprint density at radius 3 is 2.41 bits per heavy atom. The van der Waals surface area contributed by atoms with Crippen molar-refractivity contribution in [3.8, 4) is 0 Å². The third-order valence-electron chi connectivity index (χ3n) is 10.4. The first-order chi connectivity index (χ1) is 13.7. The Bertz CT molecular complexity index is 620. The van der Waals surface area contributed by atoms with Crippen LogP contribution in [-0.4, -0.2) is 35.5 Å². The van der Waals surface area contributed by atoms with Crippen LogP contribution in [0.4, 0.5) is 0 Å². The van der Waals surface area contributed by atoms with E-state index >= 15 is 0 Å². The van der Waals surface area contributed by atoms with Crippen molar-refractivity contribution in [1.82, 2.24) is 0 Å². The van der Waals surface area contributed by atoms with Crippen molar-refractivity contribution in [2.24, 2.45) is 46.3 Å². The van der Waals surface area contributed by atoms with Crippen LogP contribution in [0.1, 0.15) is 85.0 Å². The maximum absolute atomic E-state index is 11.6. The summed E-state index contributed by atoms with van der Waals surface area (Å²) in [5.74, 6) is 3.42. The number of rotatable bonds is 4. The number of ether oxygens (including phenoxy) is 1. The van der Waals surface area contributed by atoms with Gasteiger partial charge in [0, 0.05) is 6.42 Å². The van der Waals surface area contributed by atoms with Crippen LogP contribution in [0.3, 0.4) is 0 Å². The second kappa shape index (κ2) is 7.82. The summed E-state index contributed by atoms with van der Waals surface area (Å²) >= 11 is 0. The molecule has 0 spiro atoms. The predicted octanol–water partition coefficient (Wildman–Crippen LogP) is 4.57. The first kappa shape index (κ1) is 21.6. The minimum absolute atomic E-state index is 0.0888. The van der Waals surface area contributed by atoms with Crippen LogP contribution >= 0.6 is 0 Å². The molecule has 8 unspecified atom stereocenters. The average molecular weight is 407 g/mol.